The zero-order chi connectivity index (χ0) is 11.7. The SMILES string of the molecule is C/C=C1/OC(=O)c2cc(OC)c(OC)cc21. The van der Waals surface area contributed by atoms with Crippen LogP contribution in [-0.2, 0) is 4.74 Å². The summed E-state index contributed by atoms with van der Waals surface area (Å²) in [7, 11) is 3.08. The van der Waals surface area contributed by atoms with E-state index < -0.39 is 0 Å². The number of allylic oxidation sites excluding steroid dienone is 1. The molecule has 0 bridgehead atoms. The first-order chi connectivity index (χ1) is 7.71. The number of fused-ring (bicyclic) bond motifs is 1. The molecule has 2 rings (SSSR count). The molecule has 4 heteroatoms. The number of cyclic esters (lactones) is 1. The normalized spacial score (nSPS) is 15.9. The van der Waals surface area contributed by atoms with Crippen molar-refractivity contribution in [2.45, 2.75) is 6.92 Å². The van der Waals surface area contributed by atoms with Crippen molar-refractivity contribution >= 4 is 11.7 Å². The number of methoxy groups -OCH3 is 2. The number of carbonyl (C=O) groups excluding carboxylic acids is 1. The molecule has 4 nitrogen and oxygen atoms in total. The maximum absolute atomic E-state index is 11.5. The summed E-state index contributed by atoms with van der Waals surface area (Å²) in [4.78, 5) is 11.5. The van der Waals surface area contributed by atoms with Gasteiger partial charge in [0.1, 0.15) is 5.76 Å². The lowest BCUT2D eigenvalue weighted by atomic mass is 10.1. The molecular weight excluding hydrogens is 208 g/mol. The number of rotatable bonds is 2. The van der Waals surface area contributed by atoms with Gasteiger partial charge in [-0.1, -0.05) is 0 Å². The third-order valence-electron chi connectivity index (χ3n) is 2.47. The summed E-state index contributed by atoms with van der Waals surface area (Å²) in [6.07, 6.45) is 1.75. The molecular formula is C12H12O4. The van der Waals surface area contributed by atoms with Gasteiger partial charge >= 0.3 is 5.97 Å². The molecule has 0 fully saturated rings. The number of hydrogen-bond acceptors (Lipinski definition) is 4. The highest BCUT2D eigenvalue weighted by atomic mass is 16.5. The Morgan fingerprint density at radius 2 is 1.69 bits per heavy atom. The van der Waals surface area contributed by atoms with Crippen LogP contribution in [0.15, 0.2) is 18.2 Å². The summed E-state index contributed by atoms with van der Waals surface area (Å²) in [6, 6.07) is 3.38. The topological polar surface area (TPSA) is 44.8 Å². The first-order valence-electron chi connectivity index (χ1n) is 4.86. The molecule has 0 spiro atoms. The van der Waals surface area contributed by atoms with Gasteiger partial charge in [0.25, 0.3) is 0 Å². The fourth-order valence-electron chi connectivity index (χ4n) is 1.68. The predicted octanol–water partition coefficient (Wildman–Crippen LogP) is 2.24. The van der Waals surface area contributed by atoms with E-state index in [1.54, 1.807) is 25.3 Å². The van der Waals surface area contributed by atoms with Crippen molar-refractivity contribution in [1.82, 2.24) is 0 Å². The van der Waals surface area contributed by atoms with Gasteiger partial charge in [-0.2, -0.15) is 0 Å². The third-order valence-corrected chi connectivity index (χ3v) is 2.47. The van der Waals surface area contributed by atoms with Crippen LogP contribution in [0.5, 0.6) is 11.5 Å². The minimum Gasteiger partial charge on any atom is -0.493 e. The molecule has 1 heterocycles. The van der Waals surface area contributed by atoms with Crippen molar-refractivity contribution < 1.29 is 19.0 Å². The predicted molar refractivity (Wildman–Crippen MR) is 58.6 cm³/mol. The van der Waals surface area contributed by atoms with Gasteiger partial charge in [0, 0.05) is 5.56 Å². The molecule has 1 aromatic rings. The maximum atomic E-state index is 11.5. The number of carbonyl (C=O) groups is 1. The first-order valence-corrected chi connectivity index (χ1v) is 4.86. The van der Waals surface area contributed by atoms with Gasteiger partial charge in [-0.3, -0.25) is 0 Å². The molecule has 0 aliphatic carbocycles. The zero-order valence-electron chi connectivity index (χ0n) is 9.37. The van der Waals surface area contributed by atoms with Gasteiger partial charge in [-0.05, 0) is 25.1 Å². The van der Waals surface area contributed by atoms with Gasteiger partial charge in [-0.15, -0.1) is 0 Å². The standard InChI is InChI=1S/C12H12O4/c1-4-9-7-5-10(14-2)11(15-3)6-8(7)12(13)16-9/h4-6H,1-3H3/b9-4+. The van der Waals surface area contributed by atoms with Crippen molar-refractivity contribution in [1.29, 1.82) is 0 Å². The van der Waals surface area contributed by atoms with Crippen molar-refractivity contribution in [3.63, 3.8) is 0 Å². The van der Waals surface area contributed by atoms with E-state index in [2.05, 4.69) is 0 Å². The quantitative estimate of drug-likeness (QED) is 0.717. The van der Waals surface area contributed by atoms with E-state index in [9.17, 15) is 4.79 Å². The highest BCUT2D eigenvalue weighted by molar-refractivity contribution is 6.03. The molecule has 16 heavy (non-hydrogen) atoms. The summed E-state index contributed by atoms with van der Waals surface area (Å²) >= 11 is 0. The number of hydrogen-bond donors (Lipinski definition) is 0. The Morgan fingerprint density at radius 1 is 1.12 bits per heavy atom. The molecule has 0 saturated carbocycles. The van der Waals surface area contributed by atoms with Gasteiger partial charge < -0.3 is 14.2 Å². The summed E-state index contributed by atoms with van der Waals surface area (Å²) in [5.74, 6) is 1.31. The van der Waals surface area contributed by atoms with Gasteiger partial charge in [0.15, 0.2) is 11.5 Å². The third kappa shape index (κ3) is 1.43. The Morgan fingerprint density at radius 3 is 2.19 bits per heavy atom. The maximum Gasteiger partial charge on any atom is 0.344 e. The molecule has 0 amide bonds. The van der Waals surface area contributed by atoms with E-state index in [-0.39, 0.29) is 5.97 Å². The number of esters is 1. The van der Waals surface area contributed by atoms with Crippen LogP contribution < -0.4 is 9.47 Å². The Kier molecular flexibility index (Phi) is 2.56. The van der Waals surface area contributed by atoms with Crippen molar-refractivity contribution in [3.8, 4) is 11.5 Å². The van der Waals surface area contributed by atoms with Crippen molar-refractivity contribution in [2.24, 2.45) is 0 Å². The average Bonchev–Trinajstić information content (AvgIpc) is 2.63. The van der Waals surface area contributed by atoms with Crippen LogP contribution in [0.2, 0.25) is 0 Å². The fraction of sp³-hybridized carbons (Fsp3) is 0.250. The van der Waals surface area contributed by atoms with Crippen LogP contribution >= 0.6 is 0 Å². The van der Waals surface area contributed by atoms with E-state index in [0.29, 0.717) is 22.8 Å². The second-order valence-corrected chi connectivity index (χ2v) is 3.30. The van der Waals surface area contributed by atoms with E-state index in [1.807, 2.05) is 6.92 Å². The Bertz CT molecular complexity index is 474. The largest absolute Gasteiger partial charge is 0.493 e. The second-order valence-electron chi connectivity index (χ2n) is 3.30. The fourth-order valence-corrected chi connectivity index (χ4v) is 1.68. The monoisotopic (exact) mass is 220 g/mol. The molecule has 0 unspecified atom stereocenters. The summed E-state index contributed by atoms with van der Waals surface area (Å²) in [5, 5.41) is 0. The van der Waals surface area contributed by atoms with Crippen LogP contribution in [-0.4, -0.2) is 20.2 Å². The minimum atomic E-state index is -0.357. The highest BCUT2D eigenvalue weighted by Gasteiger charge is 2.28. The molecule has 0 N–H and O–H groups in total. The highest BCUT2D eigenvalue weighted by Crippen LogP contribution is 2.38. The number of ether oxygens (including phenoxy) is 3. The minimum absolute atomic E-state index is 0.357. The van der Waals surface area contributed by atoms with E-state index >= 15 is 0 Å². The Hall–Kier alpha value is -1.97. The molecule has 1 aliphatic heterocycles. The van der Waals surface area contributed by atoms with Gasteiger partial charge in [0.05, 0.1) is 19.8 Å². The van der Waals surface area contributed by atoms with Crippen LogP contribution in [0.3, 0.4) is 0 Å². The van der Waals surface area contributed by atoms with E-state index in [4.69, 9.17) is 14.2 Å². The first kappa shape index (κ1) is 10.5. The van der Waals surface area contributed by atoms with Crippen molar-refractivity contribution in [3.05, 3.63) is 29.3 Å². The van der Waals surface area contributed by atoms with Crippen LogP contribution in [0.1, 0.15) is 22.8 Å². The smallest absolute Gasteiger partial charge is 0.344 e. The van der Waals surface area contributed by atoms with E-state index in [0.717, 1.165) is 5.56 Å². The second kappa shape index (κ2) is 3.89. The van der Waals surface area contributed by atoms with Crippen LogP contribution in [0.4, 0.5) is 0 Å². The lowest BCUT2D eigenvalue weighted by Crippen LogP contribution is -1.96. The van der Waals surface area contributed by atoms with Crippen molar-refractivity contribution in [2.75, 3.05) is 14.2 Å². The molecule has 0 aromatic heterocycles. The molecule has 0 saturated heterocycles. The average molecular weight is 220 g/mol. The lowest BCUT2D eigenvalue weighted by molar-refractivity contribution is 0.0715. The van der Waals surface area contributed by atoms with Gasteiger partial charge in [0.2, 0.25) is 0 Å². The zero-order valence-corrected chi connectivity index (χ0v) is 9.37. The summed E-state index contributed by atoms with van der Waals surface area (Å²) < 4.78 is 15.4. The molecule has 1 aliphatic rings. The molecule has 1 aromatic carbocycles. The Balaban J connectivity index is 2.63. The Labute approximate surface area is 93.4 Å². The molecule has 0 radical (unpaired) electrons. The van der Waals surface area contributed by atoms with Gasteiger partial charge in [-0.25, -0.2) is 4.79 Å². The lowest BCUT2D eigenvalue weighted by Gasteiger charge is -2.08. The van der Waals surface area contributed by atoms with Crippen LogP contribution in [0, 0.1) is 0 Å². The molecule has 0 atom stereocenters. The number of benzene rings is 1. The summed E-state index contributed by atoms with van der Waals surface area (Å²) in [6.45, 7) is 1.81. The van der Waals surface area contributed by atoms with Crippen LogP contribution in [0.25, 0.3) is 5.76 Å². The summed E-state index contributed by atoms with van der Waals surface area (Å²) in [5.41, 5.74) is 1.25. The molecule has 84 valence electrons. The van der Waals surface area contributed by atoms with E-state index in [1.165, 1.54) is 7.11 Å².